The molecule has 5 nitrogen and oxygen atoms in total. The lowest BCUT2D eigenvalue weighted by molar-refractivity contribution is -0.146. The lowest BCUT2D eigenvalue weighted by atomic mass is 10.3. The highest BCUT2D eigenvalue weighted by molar-refractivity contribution is 5.75. The van der Waals surface area contributed by atoms with Gasteiger partial charge in [0.05, 0.1) is 26.4 Å². The number of rotatable bonds is 7. The number of carbonyl (C=O) groups excluding carboxylic acids is 1. The summed E-state index contributed by atoms with van der Waals surface area (Å²) < 4.78 is 14.5. The second-order valence-corrected chi connectivity index (χ2v) is 2.43. The predicted molar refractivity (Wildman–Crippen MR) is 47.3 cm³/mol. The SMILES string of the molecule is CCOC(=O)C(N)COCCOC. The number of hydrogen-bond acceptors (Lipinski definition) is 5. The zero-order valence-corrected chi connectivity index (χ0v) is 8.12. The summed E-state index contributed by atoms with van der Waals surface area (Å²) in [5.41, 5.74) is 5.45. The van der Waals surface area contributed by atoms with Gasteiger partial charge in [0.15, 0.2) is 0 Å². The maximum absolute atomic E-state index is 10.9. The van der Waals surface area contributed by atoms with Crippen molar-refractivity contribution in [3.63, 3.8) is 0 Å². The molecule has 2 N–H and O–H groups in total. The molecular formula is C8H17NO4. The van der Waals surface area contributed by atoms with Gasteiger partial charge in [0.2, 0.25) is 0 Å². The van der Waals surface area contributed by atoms with Crippen molar-refractivity contribution in [3.8, 4) is 0 Å². The Morgan fingerprint density at radius 3 is 2.69 bits per heavy atom. The van der Waals surface area contributed by atoms with Crippen LogP contribution in [0.4, 0.5) is 0 Å². The molecule has 0 rings (SSSR count). The minimum atomic E-state index is -0.697. The van der Waals surface area contributed by atoms with E-state index in [0.29, 0.717) is 19.8 Å². The first-order valence-electron chi connectivity index (χ1n) is 4.21. The van der Waals surface area contributed by atoms with E-state index < -0.39 is 12.0 Å². The lowest BCUT2D eigenvalue weighted by Crippen LogP contribution is -2.37. The van der Waals surface area contributed by atoms with Gasteiger partial charge in [-0.3, -0.25) is 4.79 Å². The third-order valence-electron chi connectivity index (χ3n) is 1.32. The average molecular weight is 191 g/mol. The van der Waals surface area contributed by atoms with Crippen molar-refractivity contribution in [2.75, 3.05) is 33.5 Å². The van der Waals surface area contributed by atoms with Gasteiger partial charge in [-0.1, -0.05) is 0 Å². The van der Waals surface area contributed by atoms with E-state index in [1.165, 1.54) is 0 Å². The summed E-state index contributed by atoms with van der Waals surface area (Å²) >= 11 is 0. The Kier molecular flexibility index (Phi) is 7.57. The minimum Gasteiger partial charge on any atom is -0.465 e. The molecule has 1 atom stereocenters. The number of nitrogens with two attached hydrogens (primary N) is 1. The van der Waals surface area contributed by atoms with E-state index in [0.717, 1.165) is 0 Å². The zero-order chi connectivity index (χ0) is 10.1. The molecule has 78 valence electrons. The molecule has 5 heteroatoms. The average Bonchev–Trinajstić information content (AvgIpc) is 2.12. The first-order valence-corrected chi connectivity index (χ1v) is 4.21. The van der Waals surface area contributed by atoms with E-state index in [4.69, 9.17) is 15.2 Å². The van der Waals surface area contributed by atoms with Crippen LogP contribution in [0.25, 0.3) is 0 Å². The summed E-state index contributed by atoms with van der Waals surface area (Å²) in [6.07, 6.45) is 0. The summed E-state index contributed by atoms with van der Waals surface area (Å²) in [5.74, 6) is -0.431. The van der Waals surface area contributed by atoms with E-state index in [9.17, 15) is 4.79 Å². The topological polar surface area (TPSA) is 70.8 Å². The Labute approximate surface area is 78.1 Å². The summed E-state index contributed by atoms with van der Waals surface area (Å²) in [4.78, 5) is 10.9. The Bertz CT molecular complexity index is 140. The Balaban J connectivity index is 3.38. The maximum atomic E-state index is 10.9. The van der Waals surface area contributed by atoms with E-state index in [-0.39, 0.29) is 6.61 Å². The molecule has 13 heavy (non-hydrogen) atoms. The molecule has 1 unspecified atom stereocenters. The van der Waals surface area contributed by atoms with Crippen LogP contribution in [0.15, 0.2) is 0 Å². The van der Waals surface area contributed by atoms with Gasteiger partial charge in [-0.05, 0) is 6.92 Å². The normalized spacial score (nSPS) is 12.5. The fourth-order valence-corrected chi connectivity index (χ4v) is 0.670. The van der Waals surface area contributed by atoms with Crippen LogP contribution in [0.2, 0.25) is 0 Å². The molecule has 0 aromatic rings. The maximum Gasteiger partial charge on any atom is 0.325 e. The number of carbonyl (C=O) groups is 1. The molecule has 0 radical (unpaired) electrons. The van der Waals surface area contributed by atoms with E-state index in [1.807, 2.05) is 0 Å². The van der Waals surface area contributed by atoms with Crippen molar-refractivity contribution in [3.05, 3.63) is 0 Å². The van der Waals surface area contributed by atoms with Gasteiger partial charge in [-0.2, -0.15) is 0 Å². The Hall–Kier alpha value is -0.650. The van der Waals surface area contributed by atoms with Crippen LogP contribution in [-0.2, 0) is 19.0 Å². The summed E-state index contributed by atoms with van der Waals surface area (Å²) in [5, 5.41) is 0. The molecule has 0 saturated carbocycles. The summed E-state index contributed by atoms with van der Waals surface area (Å²) in [6, 6.07) is -0.697. The molecule has 0 bridgehead atoms. The van der Waals surface area contributed by atoms with E-state index >= 15 is 0 Å². The van der Waals surface area contributed by atoms with Gasteiger partial charge < -0.3 is 19.9 Å². The van der Waals surface area contributed by atoms with E-state index in [2.05, 4.69) is 4.74 Å². The molecule has 0 amide bonds. The molecule has 0 aliphatic heterocycles. The highest BCUT2D eigenvalue weighted by Gasteiger charge is 2.13. The third kappa shape index (κ3) is 6.51. The van der Waals surface area contributed by atoms with Crippen LogP contribution in [0.1, 0.15) is 6.92 Å². The van der Waals surface area contributed by atoms with Crippen molar-refractivity contribution < 1.29 is 19.0 Å². The van der Waals surface area contributed by atoms with Crippen molar-refractivity contribution in [1.29, 1.82) is 0 Å². The van der Waals surface area contributed by atoms with Crippen molar-refractivity contribution >= 4 is 5.97 Å². The molecule has 0 aromatic heterocycles. The van der Waals surface area contributed by atoms with Crippen LogP contribution in [-0.4, -0.2) is 45.5 Å². The van der Waals surface area contributed by atoms with Crippen molar-refractivity contribution in [1.82, 2.24) is 0 Å². The van der Waals surface area contributed by atoms with Crippen molar-refractivity contribution in [2.24, 2.45) is 5.73 Å². The standard InChI is InChI=1S/C8H17NO4/c1-3-13-8(10)7(9)6-12-5-4-11-2/h7H,3-6,9H2,1-2H3. The largest absolute Gasteiger partial charge is 0.465 e. The molecule has 0 aromatic carbocycles. The monoisotopic (exact) mass is 191 g/mol. The smallest absolute Gasteiger partial charge is 0.325 e. The number of hydrogen-bond donors (Lipinski definition) is 1. The molecular weight excluding hydrogens is 174 g/mol. The predicted octanol–water partition coefficient (Wildman–Crippen LogP) is -0.460. The number of esters is 1. The fourth-order valence-electron chi connectivity index (χ4n) is 0.670. The zero-order valence-electron chi connectivity index (χ0n) is 8.12. The van der Waals surface area contributed by atoms with Crippen LogP contribution in [0.3, 0.4) is 0 Å². The highest BCUT2D eigenvalue weighted by atomic mass is 16.5. The Morgan fingerprint density at radius 1 is 1.46 bits per heavy atom. The van der Waals surface area contributed by atoms with Crippen LogP contribution in [0, 0.1) is 0 Å². The van der Waals surface area contributed by atoms with Gasteiger partial charge in [0.1, 0.15) is 6.04 Å². The van der Waals surface area contributed by atoms with Crippen molar-refractivity contribution in [2.45, 2.75) is 13.0 Å². The molecule has 0 fully saturated rings. The van der Waals surface area contributed by atoms with Gasteiger partial charge >= 0.3 is 5.97 Å². The van der Waals surface area contributed by atoms with Gasteiger partial charge in [-0.25, -0.2) is 0 Å². The molecule has 0 aliphatic carbocycles. The molecule has 0 saturated heterocycles. The number of ether oxygens (including phenoxy) is 3. The van der Waals surface area contributed by atoms with Gasteiger partial charge in [0.25, 0.3) is 0 Å². The quantitative estimate of drug-likeness (QED) is 0.435. The van der Waals surface area contributed by atoms with Crippen LogP contribution >= 0.6 is 0 Å². The summed E-state index contributed by atoms with van der Waals surface area (Å²) in [7, 11) is 1.58. The highest BCUT2D eigenvalue weighted by Crippen LogP contribution is 1.87. The second kappa shape index (κ2) is 7.97. The summed E-state index contributed by atoms with van der Waals surface area (Å²) in [6.45, 7) is 3.17. The van der Waals surface area contributed by atoms with Gasteiger partial charge in [0, 0.05) is 7.11 Å². The lowest BCUT2D eigenvalue weighted by Gasteiger charge is -2.10. The number of methoxy groups -OCH3 is 1. The molecule has 0 heterocycles. The van der Waals surface area contributed by atoms with Crippen LogP contribution in [0.5, 0.6) is 0 Å². The fraction of sp³-hybridized carbons (Fsp3) is 0.875. The van der Waals surface area contributed by atoms with Gasteiger partial charge in [-0.15, -0.1) is 0 Å². The minimum absolute atomic E-state index is 0.169. The molecule has 0 aliphatic rings. The second-order valence-electron chi connectivity index (χ2n) is 2.43. The molecule has 0 spiro atoms. The van der Waals surface area contributed by atoms with E-state index in [1.54, 1.807) is 14.0 Å². The Morgan fingerprint density at radius 2 is 2.15 bits per heavy atom. The van der Waals surface area contributed by atoms with Crippen LogP contribution < -0.4 is 5.73 Å². The first-order chi connectivity index (χ1) is 6.22. The first kappa shape index (κ1) is 12.3. The third-order valence-corrected chi connectivity index (χ3v) is 1.32.